The number of carbonyl (C=O) groups is 2. The van der Waals surface area contributed by atoms with E-state index >= 15 is 0 Å². The zero-order valence-electron chi connectivity index (χ0n) is 14.6. The van der Waals surface area contributed by atoms with Crippen LogP contribution in [0.15, 0.2) is 53.4 Å². The molecule has 0 aliphatic carbocycles. The van der Waals surface area contributed by atoms with E-state index in [-0.39, 0.29) is 4.32 Å². The lowest BCUT2D eigenvalue weighted by atomic mass is 10.1. The molecule has 0 unspecified atom stereocenters. The molecule has 0 atom stereocenters. The Hall–Kier alpha value is -2.84. The third-order valence-electron chi connectivity index (χ3n) is 3.76. The van der Waals surface area contributed by atoms with E-state index < -0.39 is 11.8 Å². The van der Waals surface area contributed by atoms with Gasteiger partial charge in [-0.1, -0.05) is 42.1 Å². The van der Waals surface area contributed by atoms with Crippen molar-refractivity contribution in [2.24, 2.45) is 0 Å². The van der Waals surface area contributed by atoms with Crippen LogP contribution in [-0.2, 0) is 4.79 Å². The van der Waals surface area contributed by atoms with E-state index in [1.165, 1.54) is 7.11 Å². The highest BCUT2D eigenvalue weighted by Gasteiger charge is 2.34. The fraction of sp³-hybridized carbons (Fsp3) is 0.105. The van der Waals surface area contributed by atoms with E-state index in [2.05, 4.69) is 5.43 Å². The minimum Gasteiger partial charge on any atom is -0.493 e. The smallest absolute Gasteiger partial charge is 0.285 e. The van der Waals surface area contributed by atoms with E-state index in [1.54, 1.807) is 61.7 Å². The molecular weight excluding hydrogens is 384 g/mol. The molecule has 2 aromatic rings. The Balaban J connectivity index is 1.84. The molecule has 2 amide bonds. The van der Waals surface area contributed by atoms with Crippen LogP contribution in [-0.4, -0.2) is 35.4 Å². The standard InChI is InChI=1S/C19H16N2O4S2/c1-24-14-10-6-9-13(16(14)25-2)11-15-18(23)21(19(26)27-15)20-17(22)12-7-4-3-5-8-12/h3-11H,1-2H3,(H,20,22)/b15-11+. The first kappa shape index (κ1) is 18.9. The van der Waals surface area contributed by atoms with Gasteiger partial charge in [0.15, 0.2) is 15.8 Å². The number of nitrogens with zero attached hydrogens (tertiary/aromatic N) is 1. The number of carbonyl (C=O) groups excluding carboxylic acids is 2. The third kappa shape index (κ3) is 3.96. The molecule has 0 bridgehead atoms. The normalized spacial score (nSPS) is 15.2. The van der Waals surface area contributed by atoms with Crippen LogP contribution >= 0.6 is 24.0 Å². The van der Waals surface area contributed by atoms with Crippen molar-refractivity contribution in [3.8, 4) is 11.5 Å². The number of hydrogen-bond acceptors (Lipinski definition) is 6. The van der Waals surface area contributed by atoms with Gasteiger partial charge in [-0.15, -0.1) is 0 Å². The summed E-state index contributed by atoms with van der Waals surface area (Å²) in [6.07, 6.45) is 1.66. The van der Waals surface area contributed by atoms with Gasteiger partial charge >= 0.3 is 0 Å². The van der Waals surface area contributed by atoms with Crippen molar-refractivity contribution in [2.75, 3.05) is 14.2 Å². The first-order valence-corrected chi connectivity index (χ1v) is 9.12. The number of rotatable bonds is 5. The van der Waals surface area contributed by atoms with Crippen LogP contribution in [0.4, 0.5) is 0 Å². The predicted octanol–water partition coefficient (Wildman–Crippen LogP) is 3.25. The number of thioether (sulfide) groups is 1. The minimum absolute atomic E-state index is 0.248. The van der Waals surface area contributed by atoms with E-state index in [9.17, 15) is 9.59 Å². The van der Waals surface area contributed by atoms with Crippen molar-refractivity contribution in [2.45, 2.75) is 0 Å². The summed E-state index contributed by atoms with van der Waals surface area (Å²) in [4.78, 5) is 25.4. The number of benzene rings is 2. The van der Waals surface area contributed by atoms with Crippen LogP contribution in [0, 0.1) is 0 Å². The first-order chi connectivity index (χ1) is 13.0. The Morgan fingerprint density at radius 1 is 1.11 bits per heavy atom. The summed E-state index contributed by atoms with van der Waals surface area (Å²) in [5.74, 6) is 0.254. The van der Waals surface area contributed by atoms with Crippen LogP contribution in [0.2, 0.25) is 0 Å². The SMILES string of the molecule is COc1cccc(/C=C2/SC(=S)N(NC(=O)c3ccccc3)C2=O)c1OC. The monoisotopic (exact) mass is 400 g/mol. The number of ether oxygens (including phenoxy) is 2. The van der Waals surface area contributed by atoms with Crippen LogP contribution in [0.25, 0.3) is 6.08 Å². The highest BCUT2D eigenvalue weighted by Crippen LogP contribution is 2.36. The van der Waals surface area contributed by atoms with Crippen molar-refractivity contribution in [3.63, 3.8) is 0 Å². The van der Waals surface area contributed by atoms with Gasteiger partial charge in [0.2, 0.25) is 0 Å². The summed E-state index contributed by atoms with van der Waals surface area (Å²) in [6.45, 7) is 0. The number of thiocarbonyl (C=S) groups is 1. The Morgan fingerprint density at radius 3 is 2.52 bits per heavy atom. The number of nitrogens with one attached hydrogen (secondary N) is 1. The number of hydrazine groups is 1. The van der Waals surface area contributed by atoms with Gasteiger partial charge in [0.1, 0.15) is 0 Å². The Kier molecular flexibility index (Phi) is 5.78. The lowest BCUT2D eigenvalue weighted by molar-refractivity contribution is -0.123. The molecular formula is C19H16N2O4S2. The van der Waals surface area contributed by atoms with E-state index in [0.717, 1.165) is 16.8 Å². The molecule has 138 valence electrons. The van der Waals surface area contributed by atoms with Crippen LogP contribution < -0.4 is 14.9 Å². The molecule has 0 saturated carbocycles. The molecule has 1 saturated heterocycles. The average Bonchev–Trinajstić information content (AvgIpc) is 2.95. The Morgan fingerprint density at radius 2 is 1.85 bits per heavy atom. The van der Waals surface area contributed by atoms with E-state index in [4.69, 9.17) is 21.7 Å². The van der Waals surface area contributed by atoms with Crippen molar-refractivity contribution < 1.29 is 19.1 Å². The average molecular weight is 400 g/mol. The lowest BCUT2D eigenvalue weighted by Crippen LogP contribution is -2.44. The highest BCUT2D eigenvalue weighted by atomic mass is 32.2. The second-order valence-corrected chi connectivity index (χ2v) is 7.08. The Bertz CT molecular complexity index is 929. The number of methoxy groups -OCH3 is 2. The molecule has 0 aromatic heterocycles. The van der Waals surface area contributed by atoms with Crippen LogP contribution in [0.1, 0.15) is 15.9 Å². The Labute approximate surface area is 166 Å². The molecule has 1 fully saturated rings. The van der Waals surface area contributed by atoms with Crippen LogP contribution in [0.3, 0.4) is 0 Å². The second kappa shape index (κ2) is 8.24. The van der Waals surface area contributed by atoms with Crippen molar-refractivity contribution in [1.82, 2.24) is 10.4 Å². The van der Waals surface area contributed by atoms with Gasteiger partial charge in [-0.25, -0.2) is 0 Å². The van der Waals surface area contributed by atoms with Crippen molar-refractivity contribution in [3.05, 3.63) is 64.6 Å². The molecule has 3 rings (SSSR count). The number of para-hydroxylation sites is 1. The fourth-order valence-corrected chi connectivity index (χ4v) is 3.66. The molecule has 6 nitrogen and oxygen atoms in total. The molecule has 1 aliphatic heterocycles. The van der Waals surface area contributed by atoms with Gasteiger partial charge in [0.05, 0.1) is 19.1 Å². The number of amides is 2. The molecule has 0 spiro atoms. The molecule has 1 N–H and O–H groups in total. The predicted molar refractivity (Wildman–Crippen MR) is 108 cm³/mol. The summed E-state index contributed by atoms with van der Waals surface area (Å²) < 4.78 is 10.9. The summed E-state index contributed by atoms with van der Waals surface area (Å²) in [5.41, 5.74) is 3.66. The topological polar surface area (TPSA) is 67.9 Å². The van der Waals surface area contributed by atoms with E-state index in [0.29, 0.717) is 27.5 Å². The molecule has 2 aromatic carbocycles. The summed E-state index contributed by atoms with van der Waals surface area (Å²) >= 11 is 6.35. The third-order valence-corrected chi connectivity index (χ3v) is 5.07. The molecule has 8 heteroatoms. The van der Waals surface area contributed by atoms with Gasteiger partial charge in [-0.2, -0.15) is 5.01 Å². The molecule has 1 heterocycles. The maximum absolute atomic E-state index is 12.7. The van der Waals surface area contributed by atoms with Crippen molar-refractivity contribution in [1.29, 1.82) is 0 Å². The minimum atomic E-state index is -0.410. The fourth-order valence-electron chi connectivity index (χ4n) is 2.49. The summed E-state index contributed by atoms with van der Waals surface area (Å²) in [5, 5.41) is 1.08. The van der Waals surface area contributed by atoms with Crippen molar-refractivity contribution >= 4 is 46.2 Å². The summed E-state index contributed by atoms with van der Waals surface area (Å²) in [6, 6.07) is 14.0. The quantitative estimate of drug-likeness (QED) is 0.614. The maximum Gasteiger partial charge on any atom is 0.285 e. The van der Waals surface area contributed by atoms with Gasteiger partial charge in [-0.3, -0.25) is 15.0 Å². The highest BCUT2D eigenvalue weighted by molar-refractivity contribution is 8.26. The van der Waals surface area contributed by atoms with Gasteiger partial charge < -0.3 is 9.47 Å². The maximum atomic E-state index is 12.7. The van der Waals surface area contributed by atoms with Gasteiger partial charge in [-0.05, 0) is 36.5 Å². The first-order valence-electron chi connectivity index (χ1n) is 7.90. The zero-order valence-corrected chi connectivity index (χ0v) is 16.2. The largest absolute Gasteiger partial charge is 0.493 e. The second-order valence-electron chi connectivity index (χ2n) is 5.41. The van der Waals surface area contributed by atoms with Gasteiger partial charge in [0.25, 0.3) is 11.8 Å². The van der Waals surface area contributed by atoms with Gasteiger partial charge in [0, 0.05) is 11.1 Å². The van der Waals surface area contributed by atoms with E-state index in [1.807, 2.05) is 0 Å². The lowest BCUT2D eigenvalue weighted by Gasteiger charge is -2.15. The molecule has 27 heavy (non-hydrogen) atoms. The summed E-state index contributed by atoms with van der Waals surface area (Å²) in [7, 11) is 3.07. The molecule has 1 aliphatic rings. The molecule has 0 radical (unpaired) electrons. The zero-order chi connectivity index (χ0) is 19.4. The van der Waals surface area contributed by atoms with Crippen LogP contribution in [0.5, 0.6) is 11.5 Å². The number of hydrogen-bond donors (Lipinski definition) is 1.